The summed E-state index contributed by atoms with van der Waals surface area (Å²) in [5, 5.41) is 0. The number of carbonyl (C=O) groups excluding carboxylic acids is 1. The monoisotopic (exact) mass is 407 g/mol. The van der Waals surface area contributed by atoms with Crippen LogP contribution in [0, 0.1) is 10.8 Å². The molecule has 1 aromatic rings. The molecule has 1 aromatic carbocycles. The molecule has 0 amide bonds. The molecule has 0 bridgehead atoms. The molecule has 30 heavy (non-hydrogen) atoms. The molecule has 0 saturated heterocycles. The second kappa shape index (κ2) is 7.62. The Morgan fingerprint density at radius 2 is 0.933 bits per heavy atom. The third-order valence-corrected chi connectivity index (χ3v) is 5.59. The first-order chi connectivity index (χ1) is 13.3. The number of benzene rings is 1. The molecule has 0 spiro atoms. The predicted octanol–water partition coefficient (Wildman–Crippen LogP) is 7.88. The van der Waals surface area contributed by atoms with Crippen LogP contribution in [0.2, 0.25) is 0 Å². The molecule has 1 aliphatic carbocycles. The Labute approximate surface area is 184 Å². The van der Waals surface area contributed by atoms with E-state index in [9.17, 15) is 4.79 Å². The minimum atomic E-state index is -0.173. The van der Waals surface area contributed by atoms with Crippen LogP contribution < -0.4 is 0 Å². The summed E-state index contributed by atoms with van der Waals surface area (Å²) in [7, 11) is 0. The van der Waals surface area contributed by atoms with Gasteiger partial charge in [0.2, 0.25) is 0 Å². The van der Waals surface area contributed by atoms with Gasteiger partial charge in [-0.3, -0.25) is 4.79 Å². The molecule has 0 fully saturated rings. The summed E-state index contributed by atoms with van der Waals surface area (Å²) in [6, 6.07) is 6.73. The molecule has 0 aliphatic heterocycles. The van der Waals surface area contributed by atoms with Gasteiger partial charge in [0.15, 0.2) is 5.78 Å². The van der Waals surface area contributed by atoms with Crippen LogP contribution in [0.1, 0.15) is 94.2 Å². The number of hydrogen-bond donors (Lipinski definition) is 0. The Balaban J connectivity index is 2.83. The molecule has 0 atom stereocenters. The van der Waals surface area contributed by atoms with Gasteiger partial charge in [-0.15, -0.1) is 0 Å². The molecule has 0 radical (unpaired) electrons. The fraction of sp³-hybridized carbons (Fsp3) is 0.571. The smallest absolute Gasteiger partial charge is 0.179 e. The summed E-state index contributed by atoms with van der Waals surface area (Å²) in [5.41, 5.74) is 6.21. The Morgan fingerprint density at radius 1 is 0.567 bits per heavy atom. The number of allylic oxidation sites excluding steroid dienone is 4. The van der Waals surface area contributed by atoms with E-state index in [0.717, 1.165) is 22.5 Å². The van der Waals surface area contributed by atoms with Crippen molar-refractivity contribution in [3.8, 4) is 0 Å². The standard InChI is InChI=1S/C28H41NO/c1-25(2,3)18-13-19(26(4,5)6)15-20(14-18)29-24-22(27(7,8)9)16-21(30)17-23(24)28(10,11)12/h13-17H,1-12H3. The van der Waals surface area contributed by atoms with E-state index in [0.29, 0.717) is 0 Å². The Morgan fingerprint density at radius 3 is 1.23 bits per heavy atom. The van der Waals surface area contributed by atoms with Crippen molar-refractivity contribution in [3.63, 3.8) is 0 Å². The van der Waals surface area contributed by atoms with Crippen molar-refractivity contribution in [1.29, 1.82) is 0 Å². The number of nitrogens with zero attached hydrogens (tertiary/aromatic N) is 1. The second-order valence-corrected chi connectivity index (χ2v) is 12.7. The van der Waals surface area contributed by atoms with Crippen molar-refractivity contribution in [2.24, 2.45) is 15.8 Å². The lowest BCUT2D eigenvalue weighted by atomic mass is 9.72. The van der Waals surface area contributed by atoms with Gasteiger partial charge in [-0.05, 0) is 68.2 Å². The topological polar surface area (TPSA) is 29.4 Å². The summed E-state index contributed by atoms with van der Waals surface area (Å²) < 4.78 is 0. The van der Waals surface area contributed by atoms with Crippen molar-refractivity contribution >= 4 is 17.2 Å². The summed E-state index contributed by atoms with van der Waals surface area (Å²) in [6.07, 6.45) is 3.54. The zero-order chi connectivity index (χ0) is 23.3. The molecule has 2 nitrogen and oxygen atoms in total. The third kappa shape index (κ3) is 5.59. The summed E-state index contributed by atoms with van der Waals surface area (Å²) >= 11 is 0. The molecule has 0 saturated carbocycles. The minimum absolute atomic E-state index is 0.0319. The van der Waals surface area contributed by atoms with Crippen molar-refractivity contribution in [2.75, 3.05) is 0 Å². The van der Waals surface area contributed by atoms with Crippen molar-refractivity contribution < 1.29 is 4.79 Å². The average Bonchev–Trinajstić information content (AvgIpc) is 2.52. The van der Waals surface area contributed by atoms with E-state index in [1.165, 1.54) is 11.1 Å². The first-order valence-corrected chi connectivity index (χ1v) is 11.0. The predicted molar refractivity (Wildman–Crippen MR) is 131 cm³/mol. The van der Waals surface area contributed by atoms with E-state index in [2.05, 4.69) is 101 Å². The SMILES string of the molecule is CC(C)(C)C1=CC(=O)C=C(C(C)(C)C)C1=Nc1cc(C(C)(C)C)cc(C(C)(C)C)c1. The van der Waals surface area contributed by atoms with E-state index in [4.69, 9.17) is 4.99 Å². The molecule has 2 heteroatoms. The number of hydrogen-bond acceptors (Lipinski definition) is 2. The lowest BCUT2D eigenvalue weighted by molar-refractivity contribution is -0.110. The highest BCUT2D eigenvalue weighted by Gasteiger charge is 2.33. The first-order valence-electron chi connectivity index (χ1n) is 11.0. The van der Waals surface area contributed by atoms with Gasteiger partial charge in [0.1, 0.15) is 0 Å². The Bertz CT molecular complexity index is 859. The van der Waals surface area contributed by atoms with Gasteiger partial charge in [-0.2, -0.15) is 0 Å². The Hall–Kier alpha value is -1.96. The minimum Gasteiger partial charge on any atom is -0.290 e. The van der Waals surface area contributed by atoms with Crippen LogP contribution in [-0.4, -0.2) is 11.5 Å². The maximum atomic E-state index is 12.5. The molecular formula is C28H41NO. The fourth-order valence-electron chi connectivity index (χ4n) is 3.54. The maximum absolute atomic E-state index is 12.5. The Kier molecular flexibility index (Phi) is 6.18. The van der Waals surface area contributed by atoms with Crippen molar-refractivity contribution in [1.82, 2.24) is 0 Å². The molecule has 164 valence electrons. The number of aliphatic imine (C=N–C) groups is 1. The van der Waals surface area contributed by atoms with Crippen LogP contribution >= 0.6 is 0 Å². The van der Waals surface area contributed by atoms with Gasteiger partial charge in [0, 0.05) is 0 Å². The van der Waals surface area contributed by atoms with E-state index in [-0.39, 0.29) is 27.4 Å². The van der Waals surface area contributed by atoms with Gasteiger partial charge < -0.3 is 0 Å². The molecule has 2 rings (SSSR count). The number of rotatable bonds is 1. The van der Waals surface area contributed by atoms with Gasteiger partial charge in [-0.25, -0.2) is 4.99 Å². The zero-order valence-corrected chi connectivity index (χ0v) is 21.2. The molecule has 1 aliphatic rings. The van der Waals surface area contributed by atoms with E-state index < -0.39 is 0 Å². The van der Waals surface area contributed by atoms with Crippen molar-refractivity contribution in [2.45, 2.75) is 93.9 Å². The van der Waals surface area contributed by atoms with E-state index in [1.54, 1.807) is 12.2 Å². The molecule has 0 heterocycles. The number of carbonyl (C=O) groups is 1. The van der Waals surface area contributed by atoms with Gasteiger partial charge >= 0.3 is 0 Å². The van der Waals surface area contributed by atoms with E-state index in [1.807, 2.05) is 0 Å². The summed E-state index contributed by atoms with van der Waals surface area (Å²) in [6.45, 7) is 26.4. The quantitative estimate of drug-likeness (QED) is 0.435. The third-order valence-electron chi connectivity index (χ3n) is 5.59. The molecular weight excluding hydrogens is 366 g/mol. The average molecular weight is 408 g/mol. The van der Waals surface area contributed by atoms with Crippen LogP contribution in [0.25, 0.3) is 0 Å². The highest BCUT2D eigenvalue weighted by Crippen LogP contribution is 2.40. The van der Waals surface area contributed by atoms with Crippen LogP contribution in [0.3, 0.4) is 0 Å². The normalized spacial score (nSPS) is 16.4. The van der Waals surface area contributed by atoms with Gasteiger partial charge in [-0.1, -0.05) is 89.2 Å². The number of ketones is 1. The maximum Gasteiger partial charge on any atom is 0.179 e. The lowest BCUT2D eigenvalue weighted by Crippen LogP contribution is -2.29. The first kappa shape index (κ1) is 24.3. The zero-order valence-electron chi connectivity index (χ0n) is 21.2. The molecule has 0 N–H and O–H groups in total. The largest absolute Gasteiger partial charge is 0.290 e. The highest BCUT2D eigenvalue weighted by atomic mass is 16.1. The molecule has 0 unspecified atom stereocenters. The van der Waals surface area contributed by atoms with Crippen LogP contribution in [0.4, 0.5) is 5.69 Å². The molecule has 0 aromatic heterocycles. The van der Waals surface area contributed by atoms with Gasteiger partial charge in [0.05, 0.1) is 11.4 Å². The van der Waals surface area contributed by atoms with Crippen LogP contribution in [0.5, 0.6) is 0 Å². The summed E-state index contributed by atoms with van der Waals surface area (Å²) in [5.74, 6) is 0.0580. The van der Waals surface area contributed by atoms with E-state index >= 15 is 0 Å². The lowest BCUT2D eigenvalue weighted by Gasteiger charge is -2.33. The van der Waals surface area contributed by atoms with Crippen LogP contribution in [0.15, 0.2) is 46.5 Å². The van der Waals surface area contributed by atoms with Crippen molar-refractivity contribution in [3.05, 3.63) is 52.6 Å². The van der Waals surface area contributed by atoms with Gasteiger partial charge in [0.25, 0.3) is 0 Å². The summed E-state index contributed by atoms with van der Waals surface area (Å²) in [4.78, 5) is 17.8. The second-order valence-electron chi connectivity index (χ2n) is 12.7. The fourth-order valence-corrected chi connectivity index (χ4v) is 3.54. The highest BCUT2D eigenvalue weighted by molar-refractivity contribution is 6.24. The van der Waals surface area contributed by atoms with Crippen LogP contribution in [-0.2, 0) is 15.6 Å².